The van der Waals surface area contributed by atoms with Crippen molar-refractivity contribution in [1.82, 2.24) is 20.1 Å². The van der Waals surface area contributed by atoms with Crippen LogP contribution in [0.2, 0.25) is 0 Å². The maximum Gasteiger partial charge on any atom is 0.254 e. The van der Waals surface area contributed by atoms with E-state index in [1.165, 1.54) is 12.1 Å². The van der Waals surface area contributed by atoms with Crippen LogP contribution < -0.4 is 10.2 Å². The summed E-state index contributed by atoms with van der Waals surface area (Å²) in [5.41, 5.74) is 4.09. The van der Waals surface area contributed by atoms with Gasteiger partial charge in [0.1, 0.15) is 11.6 Å². The Morgan fingerprint density at radius 3 is 2.69 bits per heavy atom. The molecule has 1 N–H and O–H groups in total. The van der Waals surface area contributed by atoms with E-state index in [-0.39, 0.29) is 67.1 Å². The molecule has 45 heavy (non-hydrogen) atoms. The Balaban J connectivity index is 0.00000230. The topological polar surface area (TPSA) is 92.6 Å². The molecule has 3 aromatic rings. The van der Waals surface area contributed by atoms with E-state index in [9.17, 15) is 23.6 Å². The van der Waals surface area contributed by atoms with Crippen LogP contribution in [-0.2, 0) is 23.2 Å². The second kappa shape index (κ2) is 13.4. The Morgan fingerprint density at radius 1 is 1.18 bits per heavy atom. The molecule has 0 aliphatic carbocycles. The number of fused-ring (bicyclic) bond motifs is 2. The van der Waals surface area contributed by atoms with Crippen LogP contribution in [0.3, 0.4) is 0 Å². The zero-order chi connectivity index (χ0) is 30.5. The minimum atomic E-state index is -0.627. The minimum absolute atomic E-state index is 0. The first-order valence-electron chi connectivity index (χ1n) is 14.6. The van der Waals surface area contributed by atoms with Crippen molar-refractivity contribution in [2.24, 2.45) is 0 Å². The highest BCUT2D eigenvalue weighted by atomic mass is 35.5. The van der Waals surface area contributed by atoms with Crippen molar-refractivity contribution in [2.45, 2.75) is 51.2 Å². The summed E-state index contributed by atoms with van der Waals surface area (Å²) in [5.74, 6) is -1.40. The molecule has 1 aromatic heterocycles. The van der Waals surface area contributed by atoms with E-state index in [0.717, 1.165) is 22.9 Å². The van der Waals surface area contributed by atoms with E-state index in [2.05, 4.69) is 23.2 Å². The first-order chi connectivity index (χ1) is 20.5. The van der Waals surface area contributed by atoms with Crippen molar-refractivity contribution in [1.29, 1.82) is 5.26 Å². The molecule has 238 valence electrons. The van der Waals surface area contributed by atoms with Gasteiger partial charge in [-0.15, -0.1) is 24.8 Å². The van der Waals surface area contributed by atoms with Crippen molar-refractivity contribution in [2.75, 3.05) is 37.6 Å². The molecule has 6 rings (SSSR count). The highest BCUT2D eigenvalue weighted by Gasteiger charge is 2.41. The number of hydrogen-bond donors (Lipinski definition) is 1. The summed E-state index contributed by atoms with van der Waals surface area (Å²) in [5, 5.41) is 13.0. The minimum Gasteiger partial charge on any atom is -0.333 e. The highest BCUT2D eigenvalue weighted by Crippen LogP contribution is 2.40. The highest BCUT2D eigenvalue weighted by molar-refractivity contribution is 5.99. The van der Waals surface area contributed by atoms with Gasteiger partial charge >= 0.3 is 0 Å². The largest absolute Gasteiger partial charge is 0.333 e. The maximum absolute atomic E-state index is 14.4. The van der Waals surface area contributed by atoms with Gasteiger partial charge in [0.25, 0.3) is 5.91 Å². The molecule has 2 amide bonds. The molecule has 0 saturated carbocycles. The quantitative estimate of drug-likeness (QED) is 0.417. The number of rotatable bonds is 6. The molecule has 2 atom stereocenters. The molecule has 0 spiro atoms. The lowest BCUT2D eigenvalue weighted by atomic mass is 9.91. The monoisotopic (exact) mass is 656 g/mol. The van der Waals surface area contributed by atoms with Crippen molar-refractivity contribution in [3.63, 3.8) is 0 Å². The summed E-state index contributed by atoms with van der Waals surface area (Å²) in [6.07, 6.45) is 1.93. The van der Waals surface area contributed by atoms with Crippen LogP contribution in [0.25, 0.3) is 0 Å². The van der Waals surface area contributed by atoms with Crippen molar-refractivity contribution in [3.8, 4) is 6.07 Å². The summed E-state index contributed by atoms with van der Waals surface area (Å²) in [7, 11) is 0. The third-order valence-corrected chi connectivity index (χ3v) is 8.78. The molecular weight excluding hydrogens is 621 g/mol. The van der Waals surface area contributed by atoms with Crippen molar-refractivity contribution >= 4 is 42.3 Å². The van der Waals surface area contributed by atoms with E-state index in [1.807, 2.05) is 19.9 Å². The van der Waals surface area contributed by atoms with Crippen LogP contribution in [0.4, 0.5) is 14.5 Å². The fraction of sp³-hybridized carbons (Fsp3) is 0.394. The molecule has 0 bridgehead atoms. The number of nitrogens with one attached hydrogen (secondary N) is 1. The second-order valence-corrected chi connectivity index (χ2v) is 12.5. The van der Waals surface area contributed by atoms with E-state index in [1.54, 1.807) is 34.2 Å². The normalized spacial score (nSPS) is 20.1. The zero-order valence-electron chi connectivity index (χ0n) is 25.3. The molecule has 12 heteroatoms. The fourth-order valence-electron chi connectivity index (χ4n) is 6.54. The van der Waals surface area contributed by atoms with Crippen LogP contribution in [0.15, 0.2) is 48.7 Å². The van der Waals surface area contributed by atoms with Crippen LogP contribution in [-0.4, -0.2) is 71.4 Å². The number of nitriles is 1. The van der Waals surface area contributed by atoms with E-state index < -0.39 is 11.6 Å². The molecule has 0 unspecified atom stereocenters. The molecule has 4 heterocycles. The Bertz CT molecular complexity index is 1660. The van der Waals surface area contributed by atoms with Crippen LogP contribution >= 0.6 is 24.8 Å². The number of pyridine rings is 1. The molecule has 2 aromatic carbocycles. The summed E-state index contributed by atoms with van der Waals surface area (Å²) in [4.78, 5) is 37.5. The average Bonchev–Trinajstić information content (AvgIpc) is 3.43. The van der Waals surface area contributed by atoms with Gasteiger partial charge in [0.05, 0.1) is 29.6 Å². The number of halogens is 4. The first-order valence-corrected chi connectivity index (χ1v) is 14.6. The number of carbonyl (C=O) groups excluding carboxylic acids is 2. The molecule has 8 nitrogen and oxygen atoms in total. The number of piperazine rings is 1. The van der Waals surface area contributed by atoms with Gasteiger partial charge in [-0.2, -0.15) is 5.26 Å². The van der Waals surface area contributed by atoms with Crippen LogP contribution in [0, 0.1) is 23.0 Å². The summed E-state index contributed by atoms with van der Waals surface area (Å²) in [6.45, 7) is 8.87. The Morgan fingerprint density at radius 2 is 1.96 bits per heavy atom. The molecule has 1 fully saturated rings. The molecule has 3 aliphatic rings. The molecule has 0 radical (unpaired) electrons. The van der Waals surface area contributed by atoms with E-state index in [4.69, 9.17) is 4.98 Å². The van der Waals surface area contributed by atoms with Gasteiger partial charge in [-0.05, 0) is 42.3 Å². The van der Waals surface area contributed by atoms with Crippen molar-refractivity contribution < 1.29 is 18.4 Å². The fourth-order valence-corrected chi connectivity index (χ4v) is 6.54. The predicted octanol–water partition coefficient (Wildman–Crippen LogP) is 4.61. The lowest BCUT2D eigenvalue weighted by Gasteiger charge is -2.41. The number of carbonyl (C=O) groups is 2. The van der Waals surface area contributed by atoms with Gasteiger partial charge in [0.15, 0.2) is 0 Å². The molecule has 3 aliphatic heterocycles. The maximum atomic E-state index is 14.4. The summed E-state index contributed by atoms with van der Waals surface area (Å²) < 4.78 is 27.8. The van der Waals surface area contributed by atoms with Gasteiger partial charge in [-0.1, -0.05) is 26.0 Å². The average molecular weight is 658 g/mol. The number of benzene rings is 2. The Hall–Kier alpha value is -3.62. The molecular formula is C33H36Cl2F2N6O2. The van der Waals surface area contributed by atoms with Gasteiger partial charge in [-0.25, -0.2) is 8.78 Å². The van der Waals surface area contributed by atoms with Crippen LogP contribution in [0.1, 0.15) is 59.1 Å². The lowest BCUT2D eigenvalue weighted by molar-refractivity contribution is -0.120. The standard InChI is InChI=1S/C33H34F2N6O2.2ClH/c1-20-15-39(25(14-37-20)16-40-17-27-23(12-36)5-4-6-26(27)32(40)43)18-30(42)41-19-33(2,3)31-29(41)10-21(13-38-31)9-22-7-8-24(34)11-28(22)35;;/h4-8,10-11,13,20,25,37H,9,14-19H2,1-3H3;2*1H/t20-,25-;;/m1../s1. The van der Waals surface area contributed by atoms with Gasteiger partial charge in [0, 0.05) is 80.0 Å². The van der Waals surface area contributed by atoms with Crippen molar-refractivity contribution in [3.05, 3.63) is 93.8 Å². The van der Waals surface area contributed by atoms with Crippen LogP contribution in [0.5, 0.6) is 0 Å². The first kappa shape index (κ1) is 34.3. The van der Waals surface area contributed by atoms with Gasteiger partial charge < -0.3 is 15.1 Å². The smallest absolute Gasteiger partial charge is 0.254 e. The second-order valence-electron chi connectivity index (χ2n) is 12.5. The number of anilines is 1. The SMILES string of the molecule is C[C@@H]1CN(CC(=O)N2CC(C)(C)c3ncc(Cc4ccc(F)cc4F)cc32)[C@@H](CN2Cc3c(C#N)cccc3C2=O)CN1.Cl.Cl. The van der Waals surface area contributed by atoms with E-state index >= 15 is 0 Å². The number of amides is 2. The lowest BCUT2D eigenvalue weighted by Crippen LogP contribution is -2.60. The number of hydrogen-bond acceptors (Lipinski definition) is 6. The Labute approximate surface area is 274 Å². The summed E-state index contributed by atoms with van der Waals surface area (Å²) >= 11 is 0. The predicted molar refractivity (Wildman–Crippen MR) is 172 cm³/mol. The third kappa shape index (κ3) is 6.68. The third-order valence-electron chi connectivity index (χ3n) is 8.78. The Kier molecular flexibility index (Phi) is 10.2. The van der Waals surface area contributed by atoms with E-state index in [0.29, 0.717) is 55.1 Å². The zero-order valence-corrected chi connectivity index (χ0v) is 27.0. The van der Waals surface area contributed by atoms with Gasteiger partial charge in [0.2, 0.25) is 5.91 Å². The number of nitrogens with zero attached hydrogens (tertiary/aromatic N) is 5. The number of aromatic nitrogens is 1. The molecule has 1 saturated heterocycles. The van der Waals surface area contributed by atoms with Gasteiger partial charge in [-0.3, -0.25) is 19.5 Å². The summed E-state index contributed by atoms with van der Waals surface area (Å²) in [6, 6.07) is 12.9.